The van der Waals surface area contributed by atoms with Crippen LogP contribution in [-0.2, 0) is 17.8 Å². The lowest BCUT2D eigenvalue weighted by Gasteiger charge is -2.08. The number of aryl methyl sites for hydroxylation is 1. The zero-order valence-corrected chi connectivity index (χ0v) is 13.6. The molecule has 2 N–H and O–H groups in total. The predicted octanol–water partition coefficient (Wildman–Crippen LogP) is 2.83. The summed E-state index contributed by atoms with van der Waals surface area (Å²) in [6.45, 7) is 1.19. The maximum absolute atomic E-state index is 11.9. The second-order valence-corrected chi connectivity index (χ2v) is 6.16. The molecule has 1 heterocycles. The molecule has 5 heteroatoms. The highest BCUT2D eigenvalue weighted by Gasteiger charge is 2.22. The van der Waals surface area contributed by atoms with Gasteiger partial charge in [-0.05, 0) is 42.4 Å². The normalized spacial score (nSPS) is 13.5. The number of carbonyl (C=O) groups is 1. The first kappa shape index (κ1) is 16.3. The lowest BCUT2D eigenvalue weighted by Crippen LogP contribution is -2.23. The summed E-state index contributed by atoms with van der Waals surface area (Å²) in [5.41, 5.74) is 1.72. The van der Waals surface area contributed by atoms with Crippen LogP contribution in [0.4, 0.5) is 0 Å². The second kappa shape index (κ2) is 7.81. The van der Waals surface area contributed by atoms with Gasteiger partial charge in [0.2, 0.25) is 11.8 Å². The molecule has 1 saturated carbocycles. The van der Waals surface area contributed by atoms with E-state index in [0.29, 0.717) is 31.2 Å². The fraction of sp³-hybridized carbons (Fsp3) is 0.368. The quantitative estimate of drug-likeness (QED) is 0.782. The van der Waals surface area contributed by atoms with Gasteiger partial charge in [0.05, 0.1) is 6.61 Å². The first-order valence-electron chi connectivity index (χ1n) is 8.32. The first-order valence-corrected chi connectivity index (χ1v) is 8.32. The first-order chi connectivity index (χ1) is 11.7. The van der Waals surface area contributed by atoms with Crippen molar-refractivity contribution in [2.24, 2.45) is 5.92 Å². The van der Waals surface area contributed by atoms with Crippen molar-refractivity contribution in [3.63, 3.8) is 0 Å². The SMILES string of the molecule is O=C(CCc1ccccc1O)NCc1ccc(OCC2CC2)nc1. The van der Waals surface area contributed by atoms with Gasteiger partial charge in [0.1, 0.15) is 5.75 Å². The number of nitrogens with one attached hydrogen (secondary N) is 1. The van der Waals surface area contributed by atoms with E-state index in [2.05, 4.69) is 10.3 Å². The van der Waals surface area contributed by atoms with Gasteiger partial charge in [0.15, 0.2) is 0 Å². The van der Waals surface area contributed by atoms with Crippen LogP contribution in [0.3, 0.4) is 0 Å². The van der Waals surface area contributed by atoms with Crippen molar-refractivity contribution in [1.29, 1.82) is 0 Å². The van der Waals surface area contributed by atoms with Gasteiger partial charge in [0.25, 0.3) is 0 Å². The highest BCUT2D eigenvalue weighted by atomic mass is 16.5. The molecule has 0 atom stereocenters. The van der Waals surface area contributed by atoms with Crippen molar-refractivity contribution in [1.82, 2.24) is 10.3 Å². The smallest absolute Gasteiger partial charge is 0.220 e. The number of rotatable bonds is 8. The van der Waals surface area contributed by atoms with Crippen LogP contribution in [0.15, 0.2) is 42.6 Å². The number of para-hydroxylation sites is 1. The summed E-state index contributed by atoms with van der Waals surface area (Å²) in [4.78, 5) is 16.2. The lowest BCUT2D eigenvalue weighted by molar-refractivity contribution is -0.121. The highest BCUT2D eigenvalue weighted by molar-refractivity contribution is 5.76. The Morgan fingerprint density at radius 1 is 1.25 bits per heavy atom. The molecule has 1 aliphatic rings. The van der Waals surface area contributed by atoms with E-state index >= 15 is 0 Å². The van der Waals surface area contributed by atoms with Crippen LogP contribution < -0.4 is 10.1 Å². The predicted molar refractivity (Wildman–Crippen MR) is 90.7 cm³/mol. The van der Waals surface area contributed by atoms with Gasteiger partial charge in [-0.3, -0.25) is 4.79 Å². The van der Waals surface area contributed by atoms with Crippen LogP contribution in [0.5, 0.6) is 11.6 Å². The largest absolute Gasteiger partial charge is 0.508 e. The molecule has 0 unspecified atom stereocenters. The maximum Gasteiger partial charge on any atom is 0.220 e. The molecule has 1 fully saturated rings. The molecule has 0 spiro atoms. The van der Waals surface area contributed by atoms with Crippen LogP contribution in [-0.4, -0.2) is 22.6 Å². The zero-order chi connectivity index (χ0) is 16.8. The van der Waals surface area contributed by atoms with Crippen LogP contribution in [0.25, 0.3) is 0 Å². The minimum Gasteiger partial charge on any atom is -0.508 e. The van der Waals surface area contributed by atoms with Gasteiger partial charge < -0.3 is 15.2 Å². The number of nitrogens with zero attached hydrogens (tertiary/aromatic N) is 1. The number of ether oxygens (including phenoxy) is 1. The molecule has 3 rings (SSSR count). The van der Waals surface area contributed by atoms with E-state index in [-0.39, 0.29) is 11.7 Å². The van der Waals surface area contributed by atoms with Crippen LogP contribution in [0.1, 0.15) is 30.4 Å². The Labute approximate surface area is 141 Å². The minimum absolute atomic E-state index is 0.0488. The number of amides is 1. The molecule has 5 nitrogen and oxygen atoms in total. The van der Waals surface area contributed by atoms with Crippen molar-refractivity contribution < 1.29 is 14.6 Å². The Kier molecular flexibility index (Phi) is 5.31. The van der Waals surface area contributed by atoms with Crippen LogP contribution in [0.2, 0.25) is 0 Å². The molecular weight excluding hydrogens is 304 g/mol. The number of pyridine rings is 1. The number of phenols is 1. The Bertz CT molecular complexity index is 681. The Hall–Kier alpha value is -2.56. The van der Waals surface area contributed by atoms with Crippen LogP contribution >= 0.6 is 0 Å². The van der Waals surface area contributed by atoms with Crippen molar-refractivity contribution in [3.8, 4) is 11.6 Å². The summed E-state index contributed by atoms with van der Waals surface area (Å²) in [7, 11) is 0. The topological polar surface area (TPSA) is 71.5 Å². The average molecular weight is 326 g/mol. The highest BCUT2D eigenvalue weighted by Crippen LogP contribution is 2.29. The number of aromatic nitrogens is 1. The van der Waals surface area contributed by atoms with E-state index in [0.717, 1.165) is 17.7 Å². The Balaban J connectivity index is 1.39. The number of benzene rings is 1. The molecule has 24 heavy (non-hydrogen) atoms. The molecule has 1 aromatic heterocycles. The van der Waals surface area contributed by atoms with Crippen LogP contribution in [0, 0.1) is 5.92 Å². The van der Waals surface area contributed by atoms with Gasteiger partial charge in [-0.25, -0.2) is 4.98 Å². The summed E-state index contributed by atoms with van der Waals surface area (Å²) in [5, 5.41) is 12.6. The van der Waals surface area contributed by atoms with E-state index in [4.69, 9.17) is 4.74 Å². The Morgan fingerprint density at radius 3 is 2.79 bits per heavy atom. The molecule has 1 amide bonds. The molecule has 126 valence electrons. The molecule has 1 aliphatic carbocycles. The van der Waals surface area contributed by atoms with Crippen molar-refractivity contribution in [3.05, 3.63) is 53.7 Å². The van der Waals surface area contributed by atoms with E-state index in [1.54, 1.807) is 18.3 Å². The number of hydrogen-bond donors (Lipinski definition) is 2. The van der Waals surface area contributed by atoms with Gasteiger partial charge in [-0.2, -0.15) is 0 Å². The van der Waals surface area contributed by atoms with E-state index < -0.39 is 0 Å². The second-order valence-electron chi connectivity index (χ2n) is 6.16. The zero-order valence-electron chi connectivity index (χ0n) is 13.6. The molecule has 1 aromatic carbocycles. The monoisotopic (exact) mass is 326 g/mol. The third-order valence-corrected chi connectivity index (χ3v) is 4.06. The van der Waals surface area contributed by atoms with Crippen molar-refractivity contribution in [2.45, 2.75) is 32.2 Å². The number of phenolic OH excluding ortho intramolecular Hbond substituents is 1. The van der Waals surface area contributed by atoms with E-state index in [9.17, 15) is 9.90 Å². The summed E-state index contributed by atoms with van der Waals surface area (Å²) in [5.74, 6) is 1.52. The van der Waals surface area contributed by atoms with E-state index in [1.165, 1.54) is 12.8 Å². The van der Waals surface area contributed by atoms with E-state index in [1.807, 2.05) is 24.3 Å². The number of hydrogen-bond acceptors (Lipinski definition) is 4. The third-order valence-electron chi connectivity index (χ3n) is 4.06. The standard InChI is InChI=1S/C19H22N2O3/c22-17-4-2-1-3-16(17)8-9-18(23)20-11-15-7-10-19(21-12-15)24-13-14-5-6-14/h1-4,7,10,12,14,22H,5-6,8-9,11,13H2,(H,20,23). The molecule has 2 aromatic rings. The van der Waals surface area contributed by atoms with Crippen molar-refractivity contribution in [2.75, 3.05) is 6.61 Å². The number of carbonyl (C=O) groups excluding carboxylic acids is 1. The minimum atomic E-state index is -0.0488. The molecule has 0 radical (unpaired) electrons. The molecule has 0 bridgehead atoms. The van der Waals surface area contributed by atoms with Gasteiger partial charge in [-0.1, -0.05) is 24.3 Å². The van der Waals surface area contributed by atoms with Gasteiger partial charge in [-0.15, -0.1) is 0 Å². The summed E-state index contributed by atoms with van der Waals surface area (Å²) in [6.07, 6.45) is 5.10. The fourth-order valence-corrected chi connectivity index (χ4v) is 2.35. The van der Waals surface area contributed by atoms with Gasteiger partial charge >= 0.3 is 0 Å². The molecule has 0 aliphatic heterocycles. The summed E-state index contributed by atoms with van der Waals surface area (Å²) >= 11 is 0. The third kappa shape index (κ3) is 4.98. The fourth-order valence-electron chi connectivity index (χ4n) is 2.35. The van der Waals surface area contributed by atoms with Gasteiger partial charge in [0, 0.05) is 25.2 Å². The maximum atomic E-state index is 11.9. The summed E-state index contributed by atoms with van der Waals surface area (Å²) < 4.78 is 5.59. The number of aromatic hydroxyl groups is 1. The lowest BCUT2D eigenvalue weighted by atomic mass is 10.1. The molecule has 0 saturated heterocycles. The Morgan fingerprint density at radius 2 is 2.08 bits per heavy atom. The average Bonchev–Trinajstić information content (AvgIpc) is 3.43. The molecular formula is C19H22N2O3. The van der Waals surface area contributed by atoms with Crippen molar-refractivity contribution >= 4 is 5.91 Å². The summed E-state index contributed by atoms with van der Waals surface area (Å²) in [6, 6.07) is 10.8.